The lowest BCUT2D eigenvalue weighted by Crippen LogP contribution is -2.18. The Kier molecular flexibility index (Phi) is 5.28. The van der Waals surface area contributed by atoms with Gasteiger partial charge in [0.1, 0.15) is 0 Å². The number of nitrogens with one attached hydrogen (secondary N) is 1. The molecule has 0 bridgehead atoms. The molecule has 102 valence electrons. The highest BCUT2D eigenvalue weighted by Gasteiger charge is 2.12. The fraction of sp³-hybridized carbons (Fsp3) is 0.333. The normalized spacial score (nSPS) is 12.6. The zero-order chi connectivity index (χ0) is 13.8. The summed E-state index contributed by atoms with van der Waals surface area (Å²) in [5.74, 6) is 0. The minimum absolute atomic E-state index is 0.372. The maximum Gasteiger partial charge on any atom is 0.0678 e. The van der Waals surface area contributed by atoms with E-state index in [-0.39, 0.29) is 0 Å². The van der Waals surface area contributed by atoms with E-state index < -0.39 is 0 Å². The maximum atomic E-state index is 6.26. The van der Waals surface area contributed by atoms with Crippen molar-refractivity contribution in [1.82, 2.24) is 5.32 Å². The van der Waals surface area contributed by atoms with Crippen LogP contribution in [0.1, 0.15) is 31.2 Å². The molecule has 0 amide bonds. The molecule has 0 aliphatic rings. The standard InChI is InChI=1S/C15H17Cl2NS/c1-3-9-18-10(2)13-7-8-14(19-13)11-5-4-6-12(16)15(11)17/h4-8,10,18H,3,9H2,1-2H3. The molecule has 4 heteroatoms. The van der Waals surface area contributed by atoms with Crippen LogP contribution in [0.25, 0.3) is 10.4 Å². The van der Waals surface area contributed by atoms with Crippen LogP contribution < -0.4 is 5.32 Å². The molecule has 19 heavy (non-hydrogen) atoms. The van der Waals surface area contributed by atoms with Crippen LogP contribution in [0.3, 0.4) is 0 Å². The maximum absolute atomic E-state index is 6.26. The topological polar surface area (TPSA) is 12.0 Å². The lowest BCUT2D eigenvalue weighted by molar-refractivity contribution is 0.578. The second-order valence-corrected chi connectivity index (χ2v) is 6.38. The summed E-state index contributed by atoms with van der Waals surface area (Å²) in [7, 11) is 0. The van der Waals surface area contributed by atoms with Gasteiger partial charge < -0.3 is 5.32 Å². The van der Waals surface area contributed by atoms with Crippen molar-refractivity contribution in [3.05, 3.63) is 45.3 Å². The van der Waals surface area contributed by atoms with Gasteiger partial charge in [-0.3, -0.25) is 0 Å². The quantitative estimate of drug-likeness (QED) is 0.737. The molecule has 1 aromatic carbocycles. The first-order valence-corrected chi connectivity index (χ1v) is 7.98. The first-order valence-electron chi connectivity index (χ1n) is 6.41. The van der Waals surface area contributed by atoms with E-state index >= 15 is 0 Å². The lowest BCUT2D eigenvalue weighted by Gasteiger charge is -2.10. The molecule has 1 unspecified atom stereocenters. The SMILES string of the molecule is CCCNC(C)c1ccc(-c2cccc(Cl)c2Cl)s1. The van der Waals surface area contributed by atoms with Crippen molar-refractivity contribution in [2.24, 2.45) is 0 Å². The van der Waals surface area contributed by atoms with Crippen LogP contribution in [0.15, 0.2) is 30.3 Å². The van der Waals surface area contributed by atoms with Crippen LogP contribution in [-0.4, -0.2) is 6.54 Å². The van der Waals surface area contributed by atoms with E-state index in [1.165, 1.54) is 4.88 Å². The van der Waals surface area contributed by atoms with Gasteiger partial charge in [0, 0.05) is 21.4 Å². The predicted octanol–water partition coefficient (Wildman–Crippen LogP) is 5.78. The van der Waals surface area contributed by atoms with Crippen LogP contribution in [-0.2, 0) is 0 Å². The molecule has 0 saturated carbocycles. The van der Waals surface area contributed by atoms with E-state index in [9.17, 15) is 0 Å². The van der Waals surface area contributed by atoms with Crippen LogP contribution in [0.2, 0.25) is 10.0 Å². The number of hydrogen-bond donors (Lipinski definition) is 1. The number of thiophene rings is 1. The van der Waals surface area contributed by atoms with E-state index in [0.29, 0.717) is 16.1 Å². The van der Waals surface area contributed by atoms with Gasteiger partial charge in [0.15, 0.2) is 0 Å². The summed E-state index contributed by atoms with van der Waals surface area (Å²) >= 11 is 14.1. The Bertz CT molecular complexity index is 551. The zero-order valence-corrected chi connectivity index (χ0v) is 13.4. The summed E-state index contributed by atoms with van der Waals surface area (Å²) in [5.41, 5.74) is 1.01. The van der Waals surface area contributed by atoms with Crippen molar-refractivity contribution in [3.63, 3.8) is 0 Å². The molecule has 0 saturated heterocycles. The van der Waals surface area contributed by atoms with Crippen LogP contribution in [0, 0.1) is 0 Å². The molecule has 1 N–H and O–H groups in total. The Hall–Kier alpha value is -0.540. The molecule has 0 aliphatic carbocycles. The highest BCUT2D eigenvalue weighted by atomic mass is 35.5. The molecule has 1 nitrogen and oxygen atoms in total. The van der Waals surface area contributed by atoms with E-state index in [4.69, 9.17) is 23.2 Å². The van der Waals surface area contributed by atoms with Gasteiger partial charge in [-0.2, -0.15) is 0 Å². The summed E-state index contributed by atoms with van der Waals surface area (Å²) in [6.45, 7) is 5.39. The van der Waals surface area contributed by atoms with Crippen molar-refractivity contribution in [2.75, 3.05) is 6.54 Å². The summed E-state index contributed by atoms with van der Waals surface area (Å²) in [4.78, 5) is 2.48. The second-order valence-electron chi connectivity index (χ2n) is 4.48. The van der Waals surface area contributed by atoms with Gasteiger partial charge in [-0.15, -0.1) is 11.3 Å². The van der Waals surface area contributed by atoms with Gasteiger partial charge in [-0.25, -0.2) is 0 Å². The minimum atomic E-state index is 0.372. The molecule has 0 radical (unpaired) electrons. The largest absolute Gasteiger partial charge is 0.309 e. The third-order valence-corrected chi connectivity index (χ3v) is 5.09. The highest BCUT2D eigenvalue weighted by molar-refractivity contribution is 7.15. The monoisotopic (exact) mass is 313 g/mol. The third kappa shape index (κ3) is 3.51. The van der Waals surface area contributed by atoms with Crippen LogP contribution in [0.5, 0.6) is 0 Å². The molecule has 2 rings (SSSR count). The molecule has 1 heterocycles. The summed E-state index contributed by atoms with van der Waals surface area (Å²) < 4.78 is 0. The van der Waals surface area contributed by atoms with Gasteiger partial charge >= 0.3 is 0 Å². The van der Waals surface area contributed by atoms with Gasteiger partial charge in [0.25, 0.3) is 0 Å². The minimum Gasteiger partial charge on any atom is -0.309 e. The molecular formula is C15H17Cl2NS. The van der Waals surface area contributed by atoms with Crippen molar-refractivity contribution in [3.8, 4) is 10.4 Å². The Morgan fingerprint density at radius 1 is 1.21 bits per heavy atom. The van der Waals surface area contributed by atoms with E-state index in [2.05, 4.69) is 31.3 Å². The van der Waals surface area contributed by atoms with E-state index in [1.54, 1.807) is 11.3 Å². The smallest absolute Gasteiger partial charge is 0.0678 e. The first-order chi connectivity index (χ1) is 9.13. The number of rotatable bonds is 5. The van der Waals surface area contributed by atoms with E-state index in [0.717, 1.165) is 23.4 Å². The zero-order valence-electron chi connectivity index (χ0n) is 11.0. The van der Waals surface area contributed by atoms with Crippen molar-refractivity contribution < 1.29 is 0 Å². The average molecular weight is 314 g/mol. The van der Waals surface area contributed by atoms with Crippen molar-refractivity contribution in [2.45, 2.75) is 26.3 Å². The third-order valence-electron chi connectivity index (χ3n) is 2.97. The highest BCUT2D eigenvalue weighted by Crippen LogP contribution is 2.38. The Balaban J connectivity index is 2.23. The van der Waals surface area contributed by atoms with Gasteiger partial charge in [-0.05, 0) is 38.1 Å². The Morgan fingerprint density at radius 2 is 2.00 bits per heavy atom. The van der Waals surface area contributed by atoms with Gasteiger partial charge in [-0.1, -0.05) is 42.3 Å². The van der Waals surface area contributed by atoms with Gasteiger partial charge in [0.2, 0.25) is 0 Å². The van der Waals surface area contributed by atoms with Crippen LogP contribution >= 0.6 is 34.5 Å². The van der Waals surface area contributed by atoms with Crippen LogP contribution in [0.4, 0.5) is 0 Å². The average Bonchev–Trinajstić information content (AvgIpc) is 2.88. The fourth-order valence-corrected chi connectivity index (χ4v) is 3.41. The summed E-state index contributed by atoms with van der Waals surface area (Å²) in [6.07, 6.45) is 1.14. The summed E-state index contributed by atoms with van der Waals surface area (Å²) in [6, 6.07) is 10.4. The van der Waals surface area contributed by atoms with Gasteiger partial charge in [0.05, 0.1) is 10.0 Å². The Labute approximate surface area is 128 Å². The molecule has 0 aliphatic heterocycles. The molecular weight excluding hydrogens is 297 g/mol. The molecule has 1 aromatic heterocycles. The molecule has 1 atom stereocenters. The number of halogens is 2. The van der Waals surface area contributed by atoms with Crippen molar-refractivity contribution >= 4 is 34.5 Å². The molecule has 0 fully saturated rings. The number of benzene rings is 1. The first kappa shape index (κ1) is 14.9. The van der Waals surface area contributed by atoms with Crippen molar-refractivity contribution in [1.29, 1.82) is 0 Å². The summed E-state index contributed by atoms with van der Waals surface area (Å²) in [5, 5.41) is 4.72. The predicted molar refractivity (Wildman–Crippen MR) is 86.5 cm³/mol. The fourth-order valence-electron chi connectivity index (χ4n) is 1.89. The second kappa shape index (κ2) is 6.76. The molecule has 2 aromatic rings. The molecule has 0 spiro atoms. The lowest BCUT2D eigenvalue weighted by atomic mass is 10.2. The Morgan fingerprint density at radius 3 is 2.74 bits per heavy atom. The van der Waals surface area contributed by atoms with E-state index in [1.807, 2.05) is 18.2 Å². The number of hydrogen-bond acceptors (Lipinski definition) is 2.